The molecule has 19 heavy (non-hydrogen) atoms. The van der Waals surface area contributed by atoms with E-state index in [1.54, 1.807) is 0 Å². The van der Waals surface area contributed by atoms with Crippen molar-refractivity contribution in [3.8, 4) is 17.2 Å². The molecular formula is C12H14O7. The summed E-state index contributed by atoms with van der Waals surface area (Å²) in [5.41, 5.74) is -0.0147. The van der Waals surface area contributed by atoms with Crippen LogP contribution in [0.15, 0.2) is 12.1 Å². The summed E-state index contributed by atoms with van der Waals surface area (Å²) in [7, 11) is 3.94. The van der Waals surface area contributed by atoms with E-state index < -0.39 is 11.9 Å². The van der Waals surface area contributed by atoms with Gasteiger partial charge in [0.25, 0.3) is 0 Å². The minimum absolute atomic E-state index is 0.0147. The molecule has 1 aromatic carbocycles. The van der Waals surface area contributed by atoms with Crippen LogP contribution in [0, 0.1) is 0 Å². The second-order valence-electron chi connectivity index (χ2n) is 3.38. The van der Waals surface area contributed by atoms with Gasteiger partial charge in [0.15, 0.2) is 18.1 Å². The molecule has 0 heterocycles. The van der Waals surface area contributed by atoms with E-state index in [1.807, 2.05) is 0 Å². The van der Waals surface area contributed by atoms with E-state index in [-0.39, 0.29) is 29.4 Å². The van der Waals surface area contributed by atoms with Crippen molar-refractivity contribution < 1.29 is 33.6 Å². The number of hydrogen-bond acceptors (Lipinski definition) is 6. The molecular weight excluding hydrogens is 256 g/mol. The molecule has 0 spiro atoms. The van der Waals surface area contributed by atoms with Gasteiger partial charge in [0.2, 0.25) is 5.75 Å². The molecule has 0 bridgehead atoms. The van der Waals surface area contributed by atoms with Gasteiger partial charge in [-0.3, -0.25) is 0 Å². The molecule has 0 radical (unpaired) electrons. The van der Waals surface area contributed by atoms with E-state index in [0.717, 1.165) is 0 Å². The molecule has 7 heteroatoms. The quantitative estimate of drug-likeness (QED) is 0.769. The minimum Gasteiger partial charge on any atom is -0.493 e. The molecule has 0 amide bonds. The maximum Gasteiger partial charge on any atom is 0.343 e. The maximum atomic E-state index is 11.0. The van der Waals surface area contributed by atoms with Crippen molar-refractivity contribution in [2.24, 2.45) is 0 Å². The van der Waals surface area contributed by atoms with Gasteiger partial charge in [-0.2, -0.15) is 0 Å². The predicted octanol–water partition coefficient (Wildman–Crippen LogP) is 0.954. The second-order valence-corrected chi connectivity index (χ2v) is 3.38. The van der Waals surface area contributed by atoms with Crippen molar-refractivity contribution in [1.29, 1.82) is 0 Å². The molecule has 0 atom stereocenters. The molecule has 1 aromatic rings. The van der Waals surface area contributed by atoms with Crippen molar-refractivity contribution in [3.05, 3.63) is 17.7 Å². The molecule has 104 valence electrons. The molecule has 1 N–H and O–H groups in total. The standard InChI is InChI=1S/C12H14O7/c1-16-8-4-7(12(14)15)5-9(17-2)11(8)19-6-10(13)18-3/h4-5H,6H2,1-3H3,(H,14,15). The topological polar surface area (TPSA) is 91.3 Å². The van der Waals surface area contributed by atoms with Crippen molar-refractivity contribution in [2.75, 3.05) is 27.9 Å². The fourth-order valence-corrected chi connectivity index (χ4v) is 1.34. The second kappa shape index (κ2) is 6.48. The Balaban J connectivity index is 3.13. The monoisotopic (exact) mass is 270 g/mol. The number of carboxylic acid groups (broad SMARTS) is 1. The lowest BCUT2D eigenvalue weighted by atomic mass is 10.2. The summed E-state index contributed by atoms with van der Waals surface area (Å²) in [6, 6.07) is 2.55. The summed E-state index contributed by atoms with van der Waals surface area (Å²) in [6.07, 6.45) is 0. The van der Waals surface area contributed by atoms with Crippen LogP contribution >= 0.6 is 0 Å². The molecule has 0 saturated heterocycles. The Morgan fingerprint density at radius 1 is 1.11 bits per heavy atom. The van der Waals surface area contributed by atoms with Crippen LogP contribution in [-0.4, -0.2) is 45.0 Å². The number of aromatic carboxylic acids is 1. The van der Waals surface area contributed by atoms with Crippen molar-refractivity contribution in [3.63, 3.8) is 0 Å². The third-order valence-electron chi connectivity index (χ3n) is 2.27. The van der Waals surface area contributed by atoms with Gasteiger partial charge in [-0.25, -0.2) is 9.59 Å². The van der Waals surface area contributed by atoms with Crippen LogP contribution in [0.2, 0.25) is 0 Å². The van der Waals surface area contributed by atoms with Crippen molar-refractivity contribution in [2.45, 2.75) is 0 Å². The van der Waals surface area contributed by atoms with Crippen LogP contribution < -0.4 is 14.2 Å². The smallest absolute Gasteiger partial charge is 0.343 e. The number of carbonyl (C=O) groups is 2. The largest absolute Gasteiger partial charge is 0.493 e. The van der Waals surface area contributed by atoms with Gasteiger partial charge in [0, 0.05) is 0 Å². The van der Waals surface area contributed by atoms with E-state index in [9.17, 15) is 9.59 Å². The molecule has 7 nitrogen and oxygen atoms in total. The molecule has 0 saturated carbocycles. The van der Waals surface area contributed by atoms with Gasteiger partial charge < -0.3 is 24.1 Å². The number of hydrogen-bond donors (Lipinski definition) is 1. The van der Waals surface area contributed by atoms with Crippen molar-refractivity contribution in [1.82, 2.24) is 0 Å². The summed E-state index contributed by atoms with van der Waals surface area (Å²) in [4.78, 5) is 22.0. The van der Waals surface area contributed by atoms with Crippen LogP contribution in [0.4, 0.5) is 0 Å². The highest BCUT2D eigenvalue weighted by atomic mass is 16.6. The Morgan fingerprint density at radius 2 is 1.63 bits per heavy atom. The van der Waals surface area contributed by atoms with Crippen LogP contribution in [0.5, 0.6) is 17.2 Å². The molecule has 0 aliphatic carbocycles. The number of benzene rings is 1. The number of methoxy groups -OCH3 is 3. The third-order valence-corrected chi connectivity index (χ3v) is 2.27. The highest BCUT2D eigenvalue weighted by Crippen LogP contribution is 2.38. The summed E-state index contributed by atoms with van der Waals surface area (Å²) < 4.78 is 19.7. The van der Waals surface area contributed by atoms with Crippen LogP contribution in [-0.2, 0) is 9.53 Å². The first-order valence-corrected chi connectivity index (χ1v) is 5.22. The first-order chi connectivity index (χ1) is 9.03. The average molecular weight is 270 g/mol. The Hall–Kier alpha value is -2.44. The summed E-state index contributed by atoms with van der Waals surface area (Å²) in [6.45, 7) is -0.338. The first-order valence-electron chi connectivity index (χ1n) is 5.22. The highest BCUT2D eigenvalue weighted by molar-refractivity contribution is 5.89. The lowest BCUT2D eigenvalue weighted by Crippen LogP contribution is -2.13. The molecule has 0 unspecified atom stereocenters. The van der Waals surface area contributed by atoms with E-state index in [0.29, 0.717) is 0 Å². The molecule has 0 aliphatic rings. The number of carboxylic acids is 1. The van der Waals surface area contributed by atoms with Gasteiger partial charge in [-0.1, -0.05) is 0 Å². The lowest BCUT2D eigenvalue weighted by Gasteiger charge is -2.14. The number of ether oxygens (including phenoxy) is 4. The zero-order valence-electron chi connectivity index (χ0n) is 10.8. The van der Waals surface area contributed by atoms with Gasteiger partial charge in [-0.05, 0) is 12.1 Å². The zero-order valence-corrected chi connectivity index (χ0v) is 10.8. The SMILES string of the molecule is COC(=O)COc1c(OC)cc(C(=O)O)cc1OC. The van der Waals surface area contributed by atoms with Crippen LogP contribution in [0.1, 0.15) is 10.4 Å². The average Bonchev–Trinajstić information content (AvgIpc) is 2.43. The zero-order chi connectivity index (χ0) is 14.4. The van der Waals surface area contributed by atoms with E-state index in [1.165, 1.54) is 33.5 Å². The van der Waals surface area contributed by atoms with Gasteiger partial charge in [-0.15, -0.1) is 0 Å². The Bertz CT molecular complexity index is 456. The summed E-state index contributed by atoms with van der Waals surface area (Å²) >= 11 is 0. The van der Waals surface area contributed by atoms with E-state index in [2.05, 4.69) is 4.74 Å². The maximum absolute atomic E-state index is 11.0. The number of esters is 1. The highest BCUT2D eigenvalue weighted by Gasteiger charge is 2.18. The Kier molecular flexibility index (Phi) is 4.99. The number of rotatable bonds is 6. The van der Waals surface area contributed by atoms with Gasteiger partial charge in [0.05, 0.1) is 26.9 Å². The Morgan fingerprint density at radius 3 is 2.00 bits per heavy atom. The summed E-state index contributed by atoms with van der Waals surface area (Å²) in [5, 5.41) is 8.95. The van der Waals surface area contributed by atoms with E-state index in [4.69, 9.17) is 19.3 Å². The first kappa shape index (κ1) is 14.6. The molecule has 0 fully saturated rings. The minimum atomic E-state index is -1.13. The molecule has 1 rings (SSSR count). The fraction of sp³-hybridized carbons (Fsp3) is 0.333. The Labute approximate surface area is 109 Å². The predicted molar refractivity (Wildman–Crippen MR) is 64.0 cm³/mol. The molecule has 0 aromatic heterocycles. The lowest BCUT2D eigenvalue weighted by molar-refractivity contribution is -0.142. The van der Waals surface area contributed by atoms with Gasteiger partial charge >= 0.3 is 11.9 Å². The van der Waals surface area contributed by atoms with Crippen LogP contribution in [0.25, 0.3) is 0 Å². The van der Waals surface area contributed by atoms with Crippen molar-refractivity contribution >= 4 is 11.9 Å². The fourth-order valence-electron chi connectivity index (χ4n) is 1.34. The third kappa shape index (κ3) is 3.51. The number of carbonyl (C=O) groups excluding carboxylic acids is 1. The summed E-state index contributed by atoms with van der Waals surface area (Å²) in [5.74, 6) is -1.26. The van der Waals surface area contributed by atoms with Crippen LogP contribution in [0.3, 0.4) is 0 Å². The normalized spacial score (nSPS) is 9.63. The molecule has 0 aliphatic heterocycles. The van der Waals surface area contributed by atoms with Gasteiger partial charge in [0.1, 0.15) is 0 Å². The van der Waals surface area contributed by atoms with E-state index >= 15 is 0 Å².